The van der Waals surface area contributed by atoms with Crippen molar-refractivity contribution in [1.82, 2.24) is 0 Å². The molecule has 0 aliphatic heterocycles. The van der Waals surface area contributed by atoms with Crippen LogP contribution in [0, 0.1) is 13.8 Å². The number of hydrogen-bond acceptors (Lipinski definition) is 3. The number of methoxy groups -OCH3 is 1. The lowest BCUT2D eigenvalue weighted by Gasteiger charge is -2.13. The van der Waals surface area contributed by atoms with Gasteiger partial charge in [-0.1, -0.05) is 23.8 Å². The van der Waals surface area contributed by atoms with E-state index in [4.69, 9.17) is 15.2 Å². The predicted octanol–water partition coefficient (Wildman–Crippen LogP) is 3.47. The third kappa shape index (κ3) is 2.99. The molecule has 2 aromatic rings. The summed E-state index contributed by atoms with van der Waals surface area (Å²) in [6.45, 7) is 4.46. The van der Waals surface area contributed by atoms with Crippen LogP contribution >= 0.6 is 0 Å². The highest BCUT2D eigenvalue weighted by atomic mass is 16.5. The molecule has 19 heavy (non-hydrogen) atoms. The van der Waals surface area contributed by atoms with Crippen molar-refractivity contribution in [2.24, 2.45) is 0 Å². The molecule has 0 saturated heterocycles. The molecule has 0 saturated carbocycles. The SMILES string of the molecule is COc1ccc(C)cc1COc1cccc(C)c1N. The second-order valence-electron chi connectivity index (χ2n) is 4.59. The minimum Gasteiger partial charge on any atom is -0.496 e. The van der Waals surface area contributed by atoms with Gasteiger partial charge in [-0.05, 0) is 37.6 Å². The summed E-state index contributed by atoms with van der Waals surface area (Å²) in [5.74, 6) is 1.54. The summed E-state index contributed by atoms with van der Waals surface area (Å²) >= 11 is 0. The molecule has 0 aromatic heterocycles. The average Bonchev–Trinajstić information content (AvgIpc) is 2.40. The van der Waals surface area contributed by atoms with E-state index in [2.05, 4.69) is 6.07 Å². The number of benzene rings is 2. The summed E-state index contributed by atoms with van der Waals surface area (Å²) in [5, 5.41) is 0. The minimum atomic E-state index is 0.443. The number of hydrogen-bond donors (Lipinski definition) is 1. The molecular formula is C16H19NO2. The van der Waals surface area contributed by atoms with E-state index in [9.17, 15) is 0 Å². The molecule has 2 N–H and O–H groups in total. The molecule has 2 aromatic carbocycles. The van der Waals surface area contributed by atoms with Gasteiger partial charge in [-0.3, -0.25) is 0 Å². The first-order valence-electron chi connectivity index (χ1n) is 6.23. The minimum absolute atomic E-state index is 0.443. The zero-order chi connectivity index (χ0) is 13.8. The van der Waals surface area contributed by atoms with Gasteiger partial charge in [0.25, 0.3) is 0 Å². The highest BCUT2D eigenvalue weighted by Gasteiger charge is 2.07. The molecular weight excluding hydrogens is 238 g/mol. The van der Waals surface area contributed by atoms with Crippen molar-refractivity contribution < 1.29 is 9.47 Å². The average molecular weight is 257 g/mol. The van der Waals surface area contributed by atoms with Crippen LogP contribution in [0.4, 0.5) is 5.69 Å². The Morgan fingerprint density at radius 3 is 2.58 bits per heavy atom. The zero-order valence-electron chi connectivity index (χ0n) is 11.6. The third-order valence-electron chi connectivity index (χ3n) is 3.10. The number of anilines is 1. The van der Waals surface area contributed by atoms with Crippen LogP contribution in [0.15, 0.2) is 36.4 Å². The Hall–Kier alpha value is -2.16. The molecule has 0 aliphatic carbocycles. The van der Waals surface area contributed by atoms with Crippen molar-refractivity contribution in [3.05, 3.63) is 53.1 Å². The molecule has 0 heterocycles. The van der Waals surface area contributed by atoms with Gasteiger partial charge in [-0.15, -0.1) is 0 Å². The predicted molar refractivity (Wildman–Crippen MR) is 77.7 cm³/mol. The Labute approximate surface area is 114 Å². The zero-order valence-corrected chi connectivity index (χ0v) is 11.6. The van der Waals surface area contributed by atoms with Crippen molar-refractivity contribution >= 4 is 5.69 Å². The van der Waals surface area contributed by atoms with Crippen LogP contribution in [-0.4, -0.2) is 7.11 Å². The second kappa shape index (κ2) is 5.65. The number of para-hydroxylation sites is 1. The standard InChI is InChI=1S/C16H19NO2/c1-11-7-8-14(18-3)13(9-11)10-19-15-6-4-5-12(2)16(15)17/h4-9H,10,17H2,1-3H3. The van der Waals surface area contributed by atoms with Gasteiger partial charge in [-0.2, -0.15) is 0 Å². The summed E-state index contributed by atoms with van der Waals surface area (Å²) in [7, 11) is 1.66. The summed E-state index contributed by atoms with van der Waals surface area (Å²) in [6.07, 6.45) is 0. The molecule has 0 aliphatic rings. The van der Waals surface area contributed by atoms with Crippen LogP contribution in [0.1, 0.15) is 16.7 Å². The molecule has 0 fully saturated rings. The van der Waals surface area contributed by atoms with E-state index in [1.807, 2.05) is 44.2 Å². The van der Waals surface area contributed by atoms with Gasteiger partial charge in [0.05, 0.1) is 12.8 Å². The van der Waals surface area contributed by atoms with Crippen LogP contribution in [-0.2, 0) is 6.61 Å². The fraction of sp³-hybridized carbons (Fsp3) is 0.250. The van der Waals surface area contributed by atoms with E-state index in [1.54, 1.807) is 7.11 Å². The van der Waals surface area contributed by atoms with Crippen molar-refractivity contribution in [2.75, 3.05) is 12.8 Å². The lowest BCUT2D eigenvalue weighted by molar-refractivity contribution is 0.298. The lowest BCUT2D eigenvalue weighted by atomic mass is 10.1. The maximum absolute atomic E-state index is 5.99. The van der Waals surface area contributed by atoms with Crippen LogP contribution in [0.2, 0.25) is 0 Å². The molecule has 3 nitrogen and oxygen atoms in total. The summed E-state index contributed by atoms with van der Waals surface area (Å²) in [4.78, 5) is 0. The smallest absolute Gasteiger partial charge is 0.142 e. The molecule has 2 rings (SSSR count). The van der Waals surface area contributed by atoms with Gasteiger partial charge in [-0.25, -0.2) is 0 Å². The van der Waals surface area contributed by atoms with Crippen molar-refractivity contribution in [1.29, 1.82) is 0 Å². The van der Waals surface area contributed by atoms with Crippen LogP contribution < -0.4 is 15.2 Å². The van der Waals surface area contributed by atoms with E-state index in [-0.39, 0.29) is 0 Å². The Kier molecular flexibility index (Phi) is 3.95. The van der Waals surface area contributed by atoms with E-state index < -0.39 is 0 Å². The number of ether oxygens (including phenoxy) is 2. The molecule has 3 heteroatoms. The normalized spacial score (nSPS) is 10.3. The molecule has 0 spiro atoms. The third-order valence-corrected chi connectivity index (χ3v) is 3.10. The number of rotatable bonds is 4. The lowest BCUT2D eigenvalue weighted by Crippen LogP contribution is -2.02. The number of aryl methyl sites for hydroxylation is 2. The van der Waals surface area contributed by atoms with E-state index >= 15 is 0 Å². The van der Waals surface area contributed by atoms with Crippen LogP contribution in [0.3, 0.4) is 0 Å². The highest BCUT2D eigenvalue weighted by Crippen LogP contribution is 2.27. The summed E-state index contributed by atoms with van der Waals surface area (Å²) in [6, 6.07) is 11.8. The molecule has 0 atom stereocenters. The van der Waals surface area contributed by atoms with Gasteiger partial charge in [0.1, 0.15) is 18.1 Å². The molecule has 0 amide bonds. The van der Waals surface area contributed by atoms with Gasteiger partial charge < -0.3 is 15.2 Å². The highest BCUT2D eigenvalue weighted by molar-refractivity contribution is 5.57. The van der Waals surface area contributed by atoms with Gasteiger partial charge in [0.15, 0.2) is 0 Å². The first-order valence-corrected chi connectivity index (χ1v) is 6.23. The van der Waals surface area contributed by atoms with Crippen molar-refractivity contribution in [3.8, 4) is 11.5 Å². The van der Waals surface area contributed by atoms with Crippen molar-refractivity contribution in [3.63, 3.8) is 0 Å². The molecule has 100 valence electrons. The van der Waals surface area contributed by atoms with Crippen LogP contribution in [0.25, 0.3) is 0 Å². The molecule has 0 unspecified atom stereocenters. The summed E-state index contributed by atoms with van der Waals surface area (Å²) in [5.41, 5.74) is 9.90. The number of nitrogen functional groups attached to an aromatic ring is 1. The Balaban J connectivity index is 2.18. The Bertz CT molecular complexity index is 579. The first-order chi connectivity index (χ1) is 9.11. The fourth-order valence-corrected chi connectivity index (χ4v) is 1.96. The molecule has 0 bridgehead atoms. The monoisotopic (exact) mass is 257 g/mol. The largest absolute Gasteiger partial charge is 0.496 e. The first kappa shape index (κ1) is 13.3. The van der Waals surface area contributed by atoms with E-state index in [0.717, 1.165) is 16.9 Å². The van der Waals surface area contributed by atoms with Gasteiger partial charge in [0.2, 0.25) is 0 Å². The maximum Gasteiger partial charge on any atom is 0.142 e. The topological polar surface area (TPSA) is 44.5 Å². The van der Waals surface area contributed by atoms with Gasteiger partial charge >= 0.3 is 0 Å². The van der Waals surface area contributed by atoms with Crippen molar-refractivity contribution in [2.45, 2.75) is 20.5 Å². The van der Waals surface area contributed by atoms with Gasteiger partial charge in [0, 0.05) is 5.56 Å². The Morgan fingerprint density at radius 1 is 1.05 bits per heavy atom. The van der Waals surface area contributed by atoms with E-state index in [0.29, 0.717) is 18.0 Å². The fourth-order valence-electron chi connectivity index (χ4n) is 1.96. The quantitative estimate of drug-likeness (QED) is 0.853. The Morgan fingerprint density at radius 2 is 1.84 bits per heavy atom. The maximum atomic E-state index is 5.99. The van der Waals surface area contributed by atoms with E-state index in [1.165, 1.54) is 5.56 Å². The summed E-state index contributed by atoms with van der Waals surface area (Å²) < 4.78 is 11.1. The van der Waals surface area contributed by atoms with Crippen LogP contribution in [0.5, 0.6) is 11.5 Å². The number of nitrogens with two attached hydrogens (primary N) is 1. The molecule has 0 radical (unpaired) electrons. The second-order valence-corrected chi connectivity index (χ2v) is 4.59.